The second-order valence-corrected chi connectivity index (χ2v) is 11.8. The van der Waals surface area contributed by atoms with E-state index < -0.39 is 21.7 Å². The van der Waals surface area contributed by atoms with Crippen molar-refractivity contribution in [1.82, 2.24) is 19.5 Å². The van der Waals surface area contributed by atoms with E-state index in [1.807, 2.05) is 57.1 Å². The highest BCUT2D eigenvalue weighted by molar-refractivity contribution is 7.90. The second-order valence-electron chi connectivity index (χ2n) is 9.91. The minimum absolute atomic E-state index is 0.0189. The SMILES string of the molecule is CC(C)c1nn(-c2cccc(N(C)C)c2)c2nc(C(=O)NS(=O)(=O)CCCN=[N+]=[N-])cc(-c3ccc(N=[N+]=[N-])cc3)c12. The van der Waals surface area contributed by atoms with Gasteiger partial charge in [0.1, 0.15) is 5.69 Å². The summed E-state index contributed by atoms with van der Waals surface area (Å²) in [6, 6.07) is 16.0. The van der Waals surface area contributed by atoms with Crippen LogP contribution in [-0.4, -0.2) is 55.5 Å². The number of fused-ring (bicyclic) bond motifs is 1. The van der Waals surface area contributed by atoms with Crippen LogP contribution in [0, 0.1) is 0 Å². The van der Waals surface area contributed by atoms with Crippen LogP contribution >= 0.6 is 0 Å². The number of benzene rings is 2. The van der Waals surface area contributed by atoms with Gasteiger partial charge in [-0.3, -0.25) is 4.79 Å². The molecule has 2 aromatic heterocycles. The molecule has 14 nitrogen and oxygen atoms in total. The number of amides is 1. The number of carbonyl (C=O) groups excluding carboxylic acids is 1. The average Bonchev–Trinajstić information content (AvgIpc) is 3.35. The molecule has 2 aromatic carbocycles. The van der Waals surface area contributed by atoms with Crippen LogP contribution in [0.4, 0.5) is 11.4 Å². The molecule has 0 saturated heterocycles. The topological polar surface area (TPSA) is 195 Å². The van der Waals surface area contributed by atoms with Crippen molar-refractivity contribution in [3.63, 3.8) is 0 Å². The fraction of sp³-hybridized carbons (Fsp3) is 0.296. The molecule has 0 unspecified atom stereocenters. The van der Waals surface area contributed by atoms with E-state index in [-0.39, 0.29) is 24.6 Å². The Balaban J connectivity index is 1.93. The minimum Gasteiger partial charge on any atom is -0.378 e. The van der Waals surface area contributed by atoms with Gasteiger partial charge in [-0.1, -0.05) is 54.4 Å². The van der Waals surface area contributed by atoms with E-state index in [1.165, 1.54) is 6.07 Å². The molecule has 0 aliphatic heterocycles. The summed E-state index contributed by atoms with van der Waals surface area (Å²) >= 11 is 0. The molecule has 1 amide bonds. The van der Waals surface area contributed by atoms with Gasteiger partial charge in [0, 0.05) is 41.8 Å². The molecule has 4 aromatic rings. The van der Waals surface area contributed by atoms with E-state index in [4.69, 9.17) is 16.2 Å². The third-order valence-corrected chi connectivity index (χ3v) is 7.68. The molecular weight excluding hydrogens is 558 g/mol. The Labute approximate surface area is 242 Å². The summed E-state index contributed by atoms with van der Waals surface area (Å²) in [5.74, 6) is -1.33. The molecule has 0 radical (unpaired) electrons. The highest BCUT2D eigenvalue weighted by atomic mass is 32.2. The fourth-order valence-electron chi connectivity index (χ4n) is 4.35. The van der Waals surface area contributed by atoms with Gasteiger partial charge in [0.15, 0.2) is 5.65 Å². The summed E-state index contributed by atoms with van der Waals surface area (Å²) in [5, 5.41) is 12.6. The predicted molar refractivity (Wildman–Crippen MR) is 161 cm³/mol. The molecule has 216 valence electrons. The zero-order valence-electron chi connectivity index (χ0n) is 23.5. The third-order valence-electron chi connectivity index (χ3n) is 6.36. The number of nitrogens with one attached hydrogen (secondary N) is 1. The minimum atomic E-state index is -4.04. The van der Waals surface area contributed by atoms with Gasteiger partial charge in [-0.25, -0.2) is 22.8 Å². The van der Waals surface area contributed by atoms with Crippen molar-refractivity contribution < 1.29 is 13.2 Å². The van der Waals surface area contributed by atoms with E-state index in [1.54, 1.807) is 28.9 Å². The highest BCUT2D eigenvalue weighted by Gasteiger charge is 2.25. The maximum atomic E-state index is 13.3. The van der Waals surface area contributed by atoms with Crippen molar-refractivity contribution in [2.24, 2.45) is 10.2 Å². The zero-order valence-corrected chi connectivity index (χ0v) is 24.3. The molecule has 0 aliphatic carbocycles. The van der Waals surface area contributed by atoms with Crippen LogP contribution in [0.5, 0.6) is 0 Å². The van der Waals surface area contributed by atoms with Gasteiger partial charge >= 0.3 is 0 Å². The van der Waals surface area contributed by atoms with Crippen molar-refractivity contribution in [2.45, 2.75) is 26.2 Å². The van der Waals surface area contributed by atoms with Crippen molar-refractivity contribution in [3.8, 4) is 16.8 Å². The van der Waals surface area contributed by atoms with Gasteiger partial charge in [-0.05, 0) is 58.8 Å². The number of hydrogen-bond acceptors (Lipinski definition) is 8. The van der Waals surface area contributed by atoms with Crippen LogP contribution in [-0.2, 0) is 10.0 Å². The molecule has 2 heterocycles. The molecule has 1 N–H and O–H groups in total. The highest BCUT2D eigenvalue weighted by Crippen LogP contribution is 2.36. The first-order chi connectivity index (χ1) is 20.0. The summed E-state index contributed by atoms with van der Waals surface area (Å²) in [7, 11) is -0.190. The first kappa shape index (κ1) is 29.9. The van der Waals surface area contributed by atoms with E-state index in [2.05, 4.69) is 29.8 Å². The van der Waals surface area contributed by atoms with Crippen LogP contribution in [0.1, 0.15) is 42.4 Å². The molecule has 0 atom stereocenters. The summed E-state index contributed by atoms with van der Waals surface area (Å²) < 4.78 is 29.0. The molecule has 15 heteroatoms. The Hall–Kier alpha value is -5.10. The number of azide groups is 2. The van der Waals surface area contributed by atoms with Crippen molar-refractivity contribution in [1.29, 1.82) is 0 Å². The van der Waals surface area contributed by atoms with E-state index in [0.717, 1.165) is 11.4 Å². The first-order valence-corrected chi connectivity index (χ1v) is 14.6. The third kappa shape index (κ3) is 6.61. The number of hydrogen-bond donors (Lipinski definition) is 1. The lowest BCUT2D eigenvalue weighted by atomic mass is 9.97. The maximum Gasteiger partial charge on any atom is 0.283 e. The number of aromatic nitrogens is 3. The smallest absolute Gasteiger partial charge is 0.283 e. The molecule has 0 fully saturated rings. The van der Waals surface area contributed by atoms with E-state index in [0.29, 0.717) is 33.5 Å². The van der Waals surface area contributed by atoms with Crippen molar-refractivity contribution in [2.75, 3.05) is 31.3 Å². The maximum absolute atomic E-state index is 13.3. The standard InChI is InChI=1S/C27H29N11O3S/c1-17(2)25-24-22(18-9-11-19(12-10-18)32-36-29)16-23(27(39)34-42(40,41)14-6-13-30-35-28)31-26(24)38(33-25)21-8-5-7-20(15-21)37(3)4/h5,7-12,15-17H,6,13-14H2,1-4H3,(H,34,39). The number of rotatable bonds is 11. The Morgan fingerprint density at radius 3 is 2.48 bits per heavy atom. The second kappa shape index (κ2) is 12.6. The zero-order chi connectivity index (χ0) is 30.4. The molecule has 4 rings (SSSR count). The summed E-state index contributed by atoms with van der Waals surface area (Å²) in [6.07, 6.45) is 0.0502. The molecule has 0 spiro atoms. The summed E-state index contributed by atoms with van der Waals surface area (Å²) in [4.78, 5) is 25.3. The lowest BCUT2D eigenvalue weighted by Crippen LogP contribution is -2.33. The number of carbonyl (C=O) groups is 1. The fourth-order valence-corrected chi connectivity index (χ4v) is 5.35. The van der Waals surface area contributed by atoms with Crippen LogP contribution in [0.3, 0.4) is 0 Å². The van der Waals surface area contributed by atoms with Crippen LogP contribution in [0.2, 0.25) is 0 Å². The Morgan fingerprint density at radius 2 is 1.83 bits per heavy atom. The first-order valence-electron chi connectivity index (χ1n) is 13.0. The average molecular weight is 588 g/mol. The van der Waals surface area contributed by atoms with Gasteiger partial charge in [0.05, 0.1) is 22.5 Å². The number of anilines is 1. The van der Waals surface area contributed by atoms with Gasteiger partial charge < -0.3 is 4.90 Å². The number of sulfonamides is 1. The largest absolute Gasteiger partial charge is 0.378 e. The van der Waals surface area contributed by atoms with Gasteiger partial charge in [-0.15, -0.1) is 0 Å². The quantitative estimate of drug-likeness (QED) is 0.0969. The molecule has 0 bridgehead atoms. The van der Waals surface area contributed by atoms with E-state index >= 15 is 0 Å². The van der Waals surface area contributed by atoms with E-state index in [9.17, 15) is 13.2 Å². The summed E-state index contributed by atoms with van der Waals surface area (Å²) in [5.41, 5.74) is 21.5. The molecule has 0 aliphatic rings. The van der Waals surface area contributed by atoms with Crippen molar-refractivity contribution >= 4 is 38.3 Å². The van der Waals surface area contributed by atoms with Crippen LogP contribution < -0.4 is 9.62 Å². The monoisotopic (exact) mass is 587 g/mol. The normalized spacial score (nSPS) is 11.2. The van der Waals surface area contributed by atoms with Crippen LogP contribution in [0.15, 0.2) is 64.8 Å². The Morgan fingerprint density at radius 1 is 1.10 bits per heavy atom. The van der Waals surface area contributed by atoms with Crippen molar-refractivity contribution in [3.05, 3.63) is 86.9 Å². The summed E-state index contributed by atoms with van der Waals surface area (Å²) in [6.45, 7) is 3.98. The number of pyridine rings is 1. The lowest BCUT2D eigenvalue weighted by Gasteiger charge is -2.14. The predicted octanol–water partition coefficient (Wildman–Crippen LogP) is 5.98. The molecule has 42 heavy (non-hydrogen) atoms. The molecule has 0 saturated carbocycles. The van der Waals surface area contributed by atoms with Gasteiger partial charge in [0.25, 0.3) is 5.91 Å². The molecular formula is C27H29N11O3S. The number of nitrogens with zero attached hydrogens (tertiary/aromatic N) is 10. The lowest BCUT2D eigenvalue weighted by molar-refractivity contribution is 0.0977. The Bertz CT molecular complexity index is 1840. The van der Waals surface area contributed by atoms with Gasteiger partial charge in [-0.2, -0.15) is 5.10 Å². The van der Waals surface area contributed by atoms with Crippen LogP contribution in [0.25, 0.3) is 48.7 Å². The van der Waals surface area contributed by atoms with Gasteiger partial charge in [0.2, 0.25) is 10.0 Å². The Kier molecular flexibility index (Phi) is 8.96.